The van der Waals surface area contributed by atoms with Crippen molar-refractivity contribution in [2.24, 2.45) is 0 Å². The molecule has 0 bridgehead atoms. The van der Waals surface area contributed by atoms with Gasteiger partial charge in [0.25, 0.3) is 0 Å². The maximum atomic E-state index is 11.2. The Morgan fingerprint density at radius 3 is 2.81 bits per heavy atom. The SMILES string of the molecule is COC(=O)Cc1ccc(CNc2cccnc2N(C)C)s1. The first-order valence-electron chi connectivity index (χ1n) is 6.60. The summed E-state index contributed by atoms with van der Waals surface area (Å²) in [6.45, 7) is 0.707. The van der Waals surface area contributed by atoms with Gasteiger partial charge in [-0.2, -0.15) is 0 Å². The van der Waals surface area contributed by atoms with Gasteiger partial charge < -0.3 is 15.0 Å². The second-order valence-corrected chi connectivity index (χ2v) is 6.00. The zero-order valence-electron chi connectivity index (χ0n) is 12.4. The third-order valence-electron chi connectivity index (χ3n) is 2.93. The minimum atomic E-state index is -0.210. The lowest BCUT2D eigenvalue weighted by atomic mass is 10.3. The summed E-state index contributed by atoms with van der Waals surface area (Å²) in [4.78, 5) is 19.7. The van der Waals surface area contributed by atoms with Crippen LogP contribution in [0.25, 0.3) is 0 Å². The first-order chi connectivity index (χ1) is 10.1. The van der Waals surface area contributed by atoms with Crippen molar-refractivity contribution in [2.75, 3.05) is 31.4 Å². The number of hydrogen-bond donors (Lipinski definition) is 1. The monoisotopic (exact) mass is 305 g/mol. The smallest absolute Gasteiger partial charge is 0.310 e. The molecule has 0 saturated carbocycles. The van der Waals surface area contributed by atoms with Crippen LogP contribution in [0.3, 0.4) is 0 Å². The van der Waals surface area contributed by atoms with E-state index in [1.165, 1.54) is 12.0 Å². The standard InChI is InChI=1S/C15H19N3O2S/c1-18(2)15-13(5-4-8-16-15)17-10-12-7-6-11(21-12)9-14(19)20-3/h4-8,17H,9-10H2,1-3H3. The lowest BCUT2D eigenvalue weighted by Gasteiger charge is -2.16. The van der Waals surface area contributed by atoms with E-state index in [2.05, 4.69) is 15.0 Å². The van der Waals surface area contributed by atoms with Crippen molar-refractivity contribution in [1.82, 2.24) is 4.98 Å². The Balaban J connectivity index is 1.99. The molecular weight excluding hydrogens is 286 g/mol. The molecule has 0 aliphatic heterocycles. The molecule has 2 aromatic rings. The second kappa shape index (κ2) is 7.08. The minimum Gasteiger partial charge on any atom is -0.469 e. The molecule has 0 aliphatic carbocycles. The van der Waals surface area contributed by atoms with Crippen LogP contribution in [0.4, 0.5) is 11.5 Å². The average Bonchev–Trinajstić information content (AvgIpc) is 2.92. The van der Waals surface area contributed by atoms with Crippen LogP contribution in [0.5, 0.6) is 0 Å². The molecule has 112 valence electrons. The summed E-state index contributed by atoms with van der Waals surface area (Å²) in [5, 5.41) is 3.38. The molecule has 1 N–H and O–H groups in total. The molecule has 0 aliphatic rings. The van der Waals surface area contributed by atoms with Crippen LogP contribution in [0.1, 0.15) is 9.75 Å². The third kappa shape index (κ3) is 4.19. The number of rotatable bonds is 6. The predicted octanol–water partition coefficient (Wildman–Crippen LogP) is 2.54. The Labute approximate surface area is 128 Å². The van der Waals surface area contributed by atoms with Gasteiger partial charge in [-0.05, 0) is 24.3 Å². The summed E-state index contributed by atoms with van der Waals surface area (Å²) in [6, 6.07) is 7.91. The van der Waals surface area contributed by atoms with Gasteiger partial charge in [0.1, 0.15) is 0 Å². The van der Waals surface area contributed by atoms with Crippen molar-refractivity contribution < 1.29 is 9.53 Å². The maximum absolute atomic E-state index is 11.2. The number of nitrogens with one attached hydrogen (secondary N) is 1. The molecule has 0 saturated heterocycles. The predicted molar refractivity (Wildman–Crippen MR) is 85.9 cm³/mol. The van der Waals surface area contributed by atoms with E-state index in [4.69, 9.17) is 0 Å². The van der Waals surface area contributed by atoms with Gasteiger partial charge in [-0.1, -0.05) is 0 Å². The van der Waals surface area contributed by atoms with Crippen LogP contribution >= 0.6 is 11.3 Å². The van der Waals surface area contributed by atoms with Crippen LogP contribution in [0.2, 0.25) is 0 Å². The fourth-order valence-electron chi connectivity index (χ4n) is 1.90. The number of thiophene rings is 1. The van der Waals surface area contributed by atoms with E-state index in [1.54, 1.807) is 17.5 Å². The van der Waals surface area contributed by atoms with Crippen LogP contribution in [0.15, 0.2) is 30.5 Å². The molecule has 0 aromatic carbocycles. The number of ether oxygens (including phenoxy) is 1. The van der Waals surface area contributed by atoms with Crippen molar-refractivity contribution in [3.63, 3.8) is 0 Å². The maximum Gasteiger partial charge on any atom is 0.310 e. The van der Waals surface area contributed by atoms with Gasteiger partial charge in [-0.25, -0.2) is 4.98 Å². The summed E-state index contributed by atoms with van der Waals surface area (Å²) in [5.41, 5.74) is 0.991. The lowest BCUT2D eigenvalue weighted by molar-refractivity contribution is -0.139. The third-order valence-corrected chi connectivity index (χ3v) is 4.01. The Morgan fingerprint density at radius 2 is 2.10 bits per heavy atom. The van der Waals surface area contributed by atoms with Crippen LogP contribution < -0.4 is 10.2 Å². The Morgan fingerprint density at radius 1 is 1.33 bits per heavy atom. The summed E-state index contributed by atoms with van der Waals surface area (Å²) in [6.07, 6.45) is 2.11. The molecule has 2 heterocycles. The molecule has 0 radical (unpaired) electrons. The van der Waals surface area contributed by atoms with Gasteiger partial charge >= 0.3 is 5.97 Å². The van der Waals surface area contributed by atoms with E-state index in [0.717, 1.165) is 16.4 Å². The second-order valence-electron chi connectivity index (χ2n) is 4.74. The number of anilines is 2. The summed E-state index contributed by atoms with van der Waals surface area (Å²) in [7, 11) is 5.34. The van der Waals surface area contributed by atoms with E-state index < -0.39 is 0 Å². The fourth-order valence-corrected chi connectivity index (χ4v) is 2.84. The molecule has 0 spiro atoms. The zero-order chi connectivity index (χ0) is 15.2. The topological polar surface area (TPSA) is 54.5 Å². The molecule has 6 heteroatoms. The highest BCUT2D eigenvalue weighted by molar-refractivity contribution is 7.12. The molecule has 0 fully saturated rings. The van der Waals surface area contributed by atoms with Crippen LogP contribution in [-0.4, -0.2) is 32.2 Å². The number of pyridine rings is 1. The van der Waals surface area contributed by atoms with Crippen LogP contribution in [0, 0.1) is 0 Å². The van der Waals surface area contributed by atoms with E-state index in [-0.39, 0.29) is 5.97 Å². The van der Waals surface area contributed by atoms with Gasteiger partial charge in [-0.3, -0.25) is 4.79 Å². The summed E-state index contributed by atoms with van der Waals surface area (Å²) in [5.74, 6) is 0.697. The highest BCUT2D eigenvalue weighted by Gasteiger charge is 2.08. The number of esters is 1. The molecule has 21 heavy (non-hydrogen) atoms. The highest BCUT2D eigenvalue weighted by atomic mass is 32.1. The van der Waals surface area contributed by atoms with E-state index in [1.807, 2.05) is 43.3 Å². The molecule has 0 unspecified atom stereocenters. The number of aromatic nitrogens is 1. The first kappa shape index (κ1) is 15.3. The van der Waals surface area contributed by atoms with Crippen molar-refractivity contribution in [3.05, 3.63) is 40.2 Å². The molecule has 2 rings (SSSR count). The number of carbonyl (C=O) groups excluding carboxylic acids is 1. The largest absolute Gasteiger partial charge is 0.469 e. The van der Waals surface area contributed by atoms with E-state index in [0.29, 0.717) is 13.0 Å². The molecule has 0 atom stereocenters. The van der Waals surface area contributed by atoms with Gasteiger partial charge in [0.05, 0.1) is 19.2 Å². The summed E-state index contributed by atoms with van der Waals surface area (Å²) < 4.78 is 4.67. The number of carbonyl (C=O) groups is 1. The zero-order valence-corrected chi connectivity index (χ0v) is 13.2. The van der Waals surface area contributed by atoms with E-state index >= 15 is 0 Å². The number of methoxy groups -OCH3 is 1. The number of hydrogen-bond acceptors (Lipinski definition) is 6. The van der Waals surface area contributed by atoms with Gasteiger partial charge in [0.2, 0.25) is 0 Å². The van der Waals surface area contributed by atoms with Crippen molar-refractivity contribution in [2.45, 2.75) is 13.0 Å². The van der Waals surface area contributed by atoms with Crippen LogP contribution in [-0.2, 0) is 22.5 Å². The normalized spacial score (nSPS) is 10.2. The Bertz CT molecular complexity index is 610. The fraction of sp³-hybridized carbons (Fsp3) is 0.333. The van der Waals surface area contributed by atoms with E-state index in [9.17, 15) is 4.79 Å². The summed E-state index contributed by atoms with van der Waals surface area (Å²) >= 11 is 1.61. The molecule has 5 nitrogen and oxygen atoms in total. The quantitative estimate of drug-likeness (QED) is 0.831. The van der Waals surface area contributed by atoms with Crippen molar-refractivity contribution >= 4 is 28.8 Å². The van der Waals surface area contributed by atoms with Crippen molar-refractivity contribution in [1.29, 1.82) is 0 Å². The molecule has 0 amide bonds. The number of nitrogens with zero attached hydrogens (tertiary/aromatic N) is 2. The van der Waals surface area contributed by atoms with Gasteiger partial charge in [0.15, 0.2) is 5.82 Å². The van der Waals surface area contributed by atoms with Gasteiger partial charge in [-0.15, -0.1) is 11.3 Å². The highest BCUT2D eigenvalue weighted by Crippen LogP contribution is 2.23. The van der Waals surface area contributed by atoms with Gasteiger partial charge in [0, 0.05) is 36.6 Å². The first-order valence-corrected chi connectivity index (χ1v) is 7.42. The Hall–Kier alpha value is -2.08. The average molecular weight is 305 g/mol. The van der Waals surface area contributed by atoms with Crippen molar-refractivity contribution in [3.8, 4) is 0 Å². The molecular formula is C15H19N3O2S. The lowest BCUT2D eigenvalue weighted by Crippen LogP contribution is -2.13. The Kier molecular flexibility index (Phi) is 5.16. The molecule has 2 aromatic heterocycles. The minimum absolute atomic E-state index is 0.210.